The van der Waals surface area contributed by atoms with Crippen LogP contribution in [0.1, 0.15) is 65.2 Å². The second-order valence-corrected chi connectivity index (χ2v) is 6.67. The first-order chi connectivity index (χ1) is 10.1. The molecule has 3 heteroatoms. The van der Waals surface area contributed by atoms with Crippen LogP contribution in [0.4, 0.5) is 0 Å². The highest BCUT2D eigenvalue weighted by atomic mass is 16.5. The summed E-state index contributed by atoms with van der Waals surface area (Å²) in [5, 5.41) is 0. The van der Waals surface area contributed by atoms with Gasteiger partial charge >= 0.3 is 0 Å². The predicted molar refractivity (Wildman–Crippen MR) is 91.8 cm³/mol. The molecule has 0 N–H and O–H groups in total. The van der Waals surface area contributed by atoms with E-state index in [4.69, 9.17) is 9.47 Å². The molecule has 0 atom stereocenters. The molecule has 128 valence electrons. The van der Waals surface area contributed by atoms with Gasteiger partial charge in [0.25, 0.3) is 0 Å². The molecule has 0 radical (unpaired) electrons. The van der Waals surface area contributed by atoms with Crippen LogP contribution in [0.15, 0.2) is 0 Å². The van der Waals surface area contributed by atoms with Crippen molar-refractivity contribution in [1.82, 2.24) is 0 Å². The lowest BCUT2D eigenvalue weighted by molar-refractivity contribution is -0.891. The van der Waals surface area contributed by atoms with Crippen LogP contribution in [-0.2, 0) is 9.47 Å². The van der Waals surface area contributed by atoms with Crippen LogP contribution < -0.4 is 0 Å². The van der Waals surface area contributed by atoms with E-state index < -0.39 is 0 Å². The average molecular weight is 303 g/mol. The minimum Gasteiger partial charge on any atom is -0.379 e. The Morgan fingerprint density at radius 1 is 0.619 bits per heavy atom. The fourth-order valence-electron chi connectivity index (χ4n) is 2.46. The zero-order valence-electron chi connectivity index (χ0n) is 15.2. The third kappa shape index (κ3) is 16.1. The fraction of sp³-hybridized carbons (Fsp3) is 1.00. The molecule has 0 rings (SSSR count). The first-order valence-electron chi connectivity index (χ1n) is 9.10. The van der Waals surface area contributed by atoms with Gasteiger partial charge in [-0.1, -0.05) is 45.4 Å². The summed E-state index contributed by atoms with van der Waals surface area (Å²) in [6.07, 6.45) is 11.2. The number of ether oxygens (including phenoxy) is 2. The molecule has 21 heavy (non-hydrogen) atoms. The molecule has 0 amide bonds. The second-order valence-electron chi connectivity index (χ2n) is 6.67. The summed E-state index contributed by atoms with van der Waals surface area (Å²) >= 11 is 0. The van der Waals surface area contributed by atoms with Gasteiger partial charge in [-0.15, -0.1) is 0 Å². The Hall–Kier alpha value is -0.120. The maximum absolute atomic E-state index is 5.61. The normalized spacial score (nSPS) is 12.0. The van der Waals surface area contributed by atoms with Crippen molar-refractivity contribution in [3.8, 4) is 0 Å². The maximum Gasteiger partial charge on any atom is 0.102 e. The zero-order valence-corrected chi connectivity index (χ0v) is 15.2. The molecule has 0 aromatic rings. The van der Waals surface area contributed by atoms with Crippen molar-refractivity contribution in [2.75, 3.05) is 53.6 Å². The third-order valence-corrected chi connectivity index (χ3v) is 4.03. The molecule has 0 aromatic heterocycles. The Morgan fingerprint density at radius 3 is 1.81 bits per heavy atom. The van der Waals surface area contributed by atoms with Gasteiger partial charge in [0.05, 0.1) is 40.5 Å². The van der Waals surface area contributed by atoms with E-state index in [-0.39, 0.29) is 0 Å². The SMILES string of the molecule is CCCCCCCCCC[N+](C)(C)CCOCCOCC. The van der Waals surface area contributed by atoms with Crippen molar-refractivity contribution < 1.29 is 14.0 Å². The highest BCUT2D eigenvalue weighted by Crippen LogP contribution is 2.10. The quantitative estimate of drug-likeness (QED) is 0.313. The standard InChI is InChI=1S/C18H40NO2/c1-5-7-8-9-10-11-12-13-14-19(3,4)15-16-21-18-17-20-6-2/h5-18H2,1-4H3/q+1. The molecule has 0 aliphatic rings. The molecule has 0 aliphatic carbocycles. The fourth-order valence-corrected chi connectivity index (χ4v) is 2.46. The number of unbranched alkanes of at least 4 members (excludes halogenated alkanes) is 7. The number of hydrogen-bond acceptors (Lipinski definition) is 2. The van der Waals surface area contributed by atoms with Gasteiger partial charge in [0.2, 0.25) is 0 Å². The lowest BCUT2D eigenvalue weighted by Crippen LogP contribution is -2.43. The summed E-state index contributed by atoms with van der Waals surface area (Å²) in [4.78, 5) is 0. The number of likely N-dealkylation sites (N-methyl/N-ethyl adjacent to an activating group) is 1. The predicted octanol–water partition coefficient (Wildman–Crippen LogP) is 4.26. The van der Waals surface area contributed by atoms with Crippen molar-refractivity contribution in [2.24, 2.45) is 0 Å². The molecule has 0 saturated heterocycles. The third-order valence-electron chi connectivity index (χ3n) is 4.03. The summed E-state index contributed by atoms with van der Waals surface area (Å²) in [6.45, 7) is 9.74. The highest BCUT2D eigenvalue weighted by molar-refractivity contribution is 4.46. The molecule has 0 aliphatic heterocycles. The van der Waals surface area contributed by atoms with E-state index in [1.54, 1.807) is 0 Å². The Balaban J connectivity index is 3.34. The smallest absolute Gasteiger partial charge is 0.102 e. The van der Waals surface area contributed by atoms with E-state index in [9.17, 15) is 0 Å². The van der Waals surface area contributed by atoms with Gasteiger partial charge in [-0.3, -0.25) is 0 Å². The van der Waals surface area contributed by atoms with Crippen LogP contribution in [0.3, 0.4) is 0 Å². The van der Waals surface area contributed by atoms with E-state index in [1.165, 1.54) is 57.9 Å². The average Bonchev–Trinajstić information content (AvgIpc) is 2.45. The Kier molecular flexibility index (Phi) is 14.7. The molecule has 0 aromatic carbocycles. The van der Waals surface area contributed by atoms with Crippen LogP contribution in [0.5, 0.6) is 0 Å². The molecule has 0 fully saturated rings. The first-order valence-corrected chi connectivity index (χ1v) is 9.10. The molecular weight excluding hydrogens is 262 g/mol. The summed E-state index contributed by atoms with van der Waals surface area (Å²) in [5.74, 6) is 0. The van der Waals surface area contributed by atoms with E-state index in [0.717, 1.165) is 37.5 Å². The summed E-state index contributed by atoms with van der Waals surface area (Å²) in [7, 11) is 4.63. The zero-order chi connectivity index (χ0) is 15.8. The van der Waals surface area contributed by atoms with Gasteiger partial charge in [0.15, 0.2) is 0 Å². The molecule has 0 spiro atoms. The van der Waals surface area contributed by atoms with Gasteiger partial charge < -0.3 is 14.0 Å². The molecular formula is C18H40NO2+. The van der Waals surface area contributed by atoms with Gasteiger partial charge in [0.1, 0.15) is 6.54 Å². The summed E-state index contributed by atoms with van der Waals surface area (Å²) in [6, 6.07) is 0. The minimum absolute atomic E-state index is 0.724. The molecule has 0 bridgehead atoms. The van der Waals surface area contributed by atoms with Crippen molar-refractivity contribution in [1.29, 1.82) is 0 Å². The molecule has 3 nitrogen and oxygen atoms in total. The van der Waals surface area contributed by atoms with Crippen LogP contribution >= 0.6 is 0 Å². The van der Waals surface area contributed by atoms with E-state index in [2.05, 4.69) is 21.0 Å². The van der Waals surface area contributed by atoms with Crippen molar-refractivity contribution in [3.63, 3.8) is 0 Å². The lowest BCUT2D eigenvalue weighted by atomic mass is 10.1. The summed E-state index contributed by atoms with van der Waals surface area (Å²) in [5.41, 5.74) is 0. The Labute approximate surface area is 133 Å². The summed E-state index contributed by atoms with van der Waals surface area (Å²) < 4.78 is 11.9. The van der Waals surface area contributed by atoms with Gasteiger partial charge in [-0.2, -0.15) is 0 Å². The molecule has 0 heterocycles. The molecule has 0 saturated carbocycles. The van der Waals surface area contributed by atoms with E-state index in [1.807, 2.05) is 6.92 Å². The second kappa shape index (κ2) is 14.8. The van der Waals surface area contributed by atoms with Gasteiger partial charge in [-0.25, -0.2) is 0 Å². The minimum atomic E-state index is 0.724. The topological polar surface area (TPSA) is 18.5 Å². The monoisotopic (exact) mass is 302 g/mol. The number of quaternary nitrogens is 1. The van der Waals surface area contributed by atoms with Crippen LogP contribution in [0.25, 0.3) is 0 Å². The van der Waals surface area contributed by atoms with Crippen LogP contribution in [0, 0.1) is 0 Å². The Morgan fingerprint density at radius 2 is 1.19 bits per heavy atom. The van der Waals surface area contributed by atoms with Crippen molar-refractivity contribution >= 4 is 0 Å². The molecule has 0 unspecified atom stereocenters. The van der Waals surface area contributed by atoms with Crippen LogP contribution in [-0.4, -0.2) is 58.1 Å². The Bertz CT molecular complexity index is 207. The van der Waals surface area contributed by atoms with E-state index >= 15 is 0 Å². The lowest BCUT2D eigenvalue weighted by Gasteiger charge is -2.29. The van der Waals surface area contributed by atoms with Gasteiger partial charge in [-0.05, 0) is 19.8 Å². The van der Waals surface area contributed by atoms with E-state index in [0.29, 0.717) is 0 Å². The maximum atomic E-state index is 5.61. The highest BCUT2D eigenvalue weighted by Gasteiger charge is 2.13. The van der Waals surface area contributed by atoms with Gasteiger partial charge in [0, 0.05) is 6.61 Å². The van der Waals surface area contributed by atoms with Crippen molar-refractivity contribution in [3.05, 3.63) is 0 Å². The van der Waals surface area contributed by atoms with Crippen molar-refractivity contribution in [2.45, 2.75) is 65.2 Å². The first kappa shape index (κ1) is 20.9. The van der Waals surface area contributed by atoms with Crippen LogP contribution in [0.2, 0.25) is 0 Å². The number of nitrogens with zero attached hydrogens (tertiary/aromatic N) is 1. The largest absolute Gasteiger partial charge is 0.379 e. The number of hydrogen-bond donors (Lipinski definition) is 0. The number of rotatable bonds is 16.